The molecule has 2 atom stereocenters. The van der Waals surface area contributed by atoms with Crippen LogP contribution < -0.4 is 5.73 Å². The SMILES string of the molecule is C#CCCC(=O)[C@H](N)[C@H](C)OCc1ccccc1. The number of ketones is 1. The normalized spacial score (nSPS) is 13.6. The molecule has 0 amide bonds. The molecule has 1 aromatic rings. The molecule has 2 N–H and O–H groups in total. The summed E-state index contributed by atoms with van der Waals surface area (Å²) in [4.78, 5) is 11.7. The topological polar surface area (TPSA) is 52.3 Å². The Labute approximate surface area is 108 Å². The molecule has 0 aliphatic heterocycles. The molecular formula is C15H19NO2. The number of Topliss-reactive ketones (excluding diaryl/α,β-unsaturated/α-hetero) is 1. The molecule has 3 nitrogen and oxygen atoms in total. The maximum absolute atomic E-state index is 11.7. The summed E-state index contributed by atoms with van der Waals surface area (Å²) in [6, 6.07) is 9.17. The quantitative estimate of drug-likeness (QED) is 0.746. The molecular weight excluding hydrogens is 226 g/mol. The summed E-state index contributed by atoms with van der Waals surface area (Å²) in [5.74, 6) is 2.39. The molecule has 0 bridgehead atoms. The van der Waals surface area contributed by atoms with E-state index in [1.807, 2.05) is 30.3 Å². The van der Waals surface area contributed by atoms with Crippen LogP contribution in [0.5, 0.6) is 0 Å². The van der Waals surface area contributed by atoms with Crippen LogP contribution in [0.25, 0.3) is 0 Å². The van der Waals surface area contributed by atoms with Crippen LogP contribution in [0.4, 0.5) is 0 Å². The van der Waals surface area contributed by atoms with E-state index in [0.29, 0.717) is 19.4 Å². The first-order valence-electron chi connectivity index (χ1n) is 6.02. The lowest BCUT2D eigenvalue weighted by Gasteiger charge is -2.19. The monoisotopic (exact) mass is 245 g/mol. The zero-order valence-corrected chi connectivity index (χ0v) is 10.6. The summed E-state index contributed by atoms with van der Waals surface area (Å²) in [7, 11) is 0. The van der Waals surface area contributed by atoms with Crippen LogP contribution in [0, 0.1) is 12.3 Å². The van der Waals surface area contributed by atoms with Crippen molar-refractivity contribution in [2.45, 2.75) is 38.5 Å². The Morgan fingerprint density at radius 2 is 2.11 bits per heavy atom. The van der Waals surface area contributed by atoms with Crippen molar-refractivity contribution in [2.24, 2.45) is 5.73 Å². The lowest BCUT2D eigenvalue weighted by atomic mass is 10.0. The fourth-order valence-corrected chi connectivity index (χ4v) is 1.53. The summed E-state index contributed by atoms with van der Waals surface area (Å²) in [6.45, 7) is 2.26. The van der Waals surface area contributed by atoms with Gasteiger partial charge in [-0.15, -0.1) is 12.3 Å². The fraction of sp³-hybridized carbons (Fsp3) is 0.400. The Morgan fingerprint density at radius 3 is 2.72 bits per heavy atom. The summed E-state index contributed by atoms with van der Waals surface area (Å²) in [5, 5.41) is 0. The minimum atomic E-state index is -0.609. The van der Waals surface area contributed by atoms with Crippen molar-refractivity contribution in [3.63, 3.8) is 0 Å². The largest absolute Gasteiger partial charge is 0.372 e. The maximum Gasteiger partial charge on any atom is 0.153 e. The predicted octanol–water partition coefficient (Wildman–Crippen LogP) is 1.90. The Hall–Kier alpha value is -1.63. The highest BCUT2D eigenvalue weighted by Gasteiger charge is 2.20. The highest BCUT2D eigenvalue weighted by Crippen LogP contribution is 2.07. The second kappa shape index (κ2) is 7.65. The molecule has 1 aromatic carbocycles. The molecule has 0 saturated heterocycles. The van der Waals surface area contributed by atoms with Crippen LogP contribution in [-0.4, -0.2) is 17.9 Å². The number of benzene rings is 1. The summed E-state index contributed by atoms with van der Waals surface area (Å²) in [6.07, 6.45) is 5.55. The minimum absolute atomic E-state index is 0.0477. The van der Waals surface area contributed by atoms with Gasteiger partial charge in [-0.1, -0.05) is 30.3 Å². The van der Waals surface area contributed by atoms with Gasteiger partial charge < -0.3 is 10.5 Å². The molecule has 1 rings (SSSR count). The van der Waals surface area contributed by atoms with Crippen LogP contribution in [0.3, 0.4) is 0 Å². The first kappa shape index (κ1) is 14.4. The molecule has 0 spiro atoms. The second-order valence-electron chi connectivity index (χ2n) is 4.20. The van der Waals surface area contributed by atoms with E-state index >= 15 is 0 Å². The van der Waals surface area contributed by atoms with Crippen molar-refractivity contribution in [3.05, 3.63) is 35.9 Å². The molecule has 0 unspecified atom stereocenters. The van der Waals surface area contributed by atoms with Gasteiger partial charge in [-0.25, -0.2) is 0 Å². The van der Waals surface area contributed by atoms with E-state index in [1.54, 1.807) is 6.92 Å². The summed E-state index contributed by atoms with van der Waals surface area (Å²) in [5.41, 5.74) is 6.89. The first-order chi connectivity index (χ1) is 8.65. The molecule has 0 aliphatic carbocycles. The number of rotatable bonds is 7. The molecule has 0 saturated carbocycles. The van der Waals surface area contributed by atoms with E-state index in [4.69, 9.17) is 16.9 Å². The Bertz CT molecular complexity index is 408. The van der Waals surface area contributed by atoms with Crippen LogP contribution >= 0.6 is 0 Å². The van der Waals surface area contributed by atoms with Crippen molar-refractivity contribution in [2.75, 3.05) is 0 Å². The third-order valence-corrected chi connectivity index (χ3v) is 2.75. The van der Waals surface area contributed by atoms with Gasteiger partial charge in [0.05, 0.1) is 18.8 Å². The molecule has 0 heterocycles. The van der Waals surface area contributed by atoms with Gasteiger partial charge >= 0.3 is 0 Å². The van der Waals surface area contributed by atoms with E-state index in [2.05, 4.69) is 5.92 Å². The minimum Gasteiger partial charge on any atom is -0.372 e. The molecule has 96 valence electrons. The van der Waals surface area contributed by atoms with Crippen molar-refractivity contribution < 1.29 is 9.53 Å². The van der Waals surface area contributed by atoms with Crippen molar-refractivity contribution in [1.82, 2.24) is 0 Å². The second-order valence-corrected chi connectivity index (χ2v) is 4.20. The van der Waals surface area contributed by atoms with E-state index in [1.165, 1.54) is 0 Å². The Kier molecular flexibility index (Phi) is 6.13. The van der Waals surface area contributed by atoms with Gasteiger partial charge in [0.1, 0.15) is 0 Å². The average Bonchev–Trinajstić information content (AvgIpc) is 2.42. The van der Waals surface area contributed by atoms with E-state index in [9.17, 15) is 4.79 Å². The van der Waals surface area contributed by atoms with Crippen molar-refractivity contribution in [3.8, 4) is 12.3 Å². The zero-order chi connectivity index (χ0) is 13.4. The van der Waals surface area contributed by atoms with Gasteiger partial charge in [0.15, 0.2) is 5.78 Å². The van der Waals surface area contributed by atoms with Gasteiger partial charge in [0, 0.05) is 12.8 Å². The van der Waals surface area contributed by atoms with Gasteiger partial charge in [-0.05, 0) is 12.5 Å². The average molecular weight is 245 g/mol. The number of carbonyl (C=O) groups is 1. The van der Waals surface area contributed by atoms with Crippen LogP contribution in [0.2, 0.25) is 0 Å². The molecule has 0 aromatic heterocycles. The Balaban J connectivity index is 2.38. The number of hydrogen-bond acceptors (Lipinski definition) is 3. The van der Waals surface area contributed by atoms with Crippen LogP contribution in [0.15, 0.2) is 30.3 Å². The summed E-state index contributed by atoms with van der Waals surface area (Å²) < 4.78 is 5.59. The lowest BCUT2D eigenvalue weighted by Crippen LogP contribution is -2.41. The first-order valence-corrected chi connectivity index (χ1v) is 6.02. The number of terminal acetylenes is 1. The fourth-order valence-electron chi connectivity index (χ4n) is 1.53. The number of carbonyl (C=O) groups excluding carboxylic acids is 1. The van der Waals surface area contributed by atoms with E-state index < -0.39 is 6.04 Å². The van der Waals surface area contributed by atoms with Gasteiger partial charge in [-0.3, -0.25) is 4.79 Å². The van der Waals surface area contributed by atoms with Crippen LogP contribution in [-0.2, 0) is 16.1 Å². The van der Waals surface area contributed by atoms with Gasteiger partial charge in [-0.2, -0.15) is 0 Å². The zero-order valence-electron chi connectivity index (χ0n) is 10.6. The Morgan fingerprint density at radius 1 is 1.44 bits per heavy atom. The van der Waals surface area contributed by atoms with E-state index in [-0.39, 0.29) is 11.9 Å². The van der Waals surface area contributed by atoms with Crippen LogP contribution in [0.1, 0.15) is 25.3 Å². The number of ether oxygens (including phenoxy) is 1. The standard InChI is InChI=1S/C15H19NO2/c1-3-4-10-14(17)15(16)12(2)18-11-13-8-6-5-7-9-13/h1,5-9,12,15H,4,10-11,16H2,2H3/t12-,15+/m0/s1. The van der Waals surface area contributed by atoms with Gasteiger partial charge in [0.2, 0.25) is 0 Å². The van der Waals surface area contributed by atoms with E-state index in [0.717, 1.165) is 5.56 Å². The number of nitrogens with two attached hydrogens (primary N) is 1. The summed E-state index contributed by atoms with van der Waals surface area (Å²) >= 11 is 0. The predicted molar refractivity (Wildman–Crippen MR) is 71.7 cm³/mol. The van der Waals surface area contributed by atoms with Crippen molar-refractivity contribution >= 4 is 5.78 Å². The lowest BCUT2D eigenvalue weighted by molar-refractivity contribution is -0.123. The van der Waals surface area contributed by atoms with Gasteiger partial charge in [0.25, 0.3) is 0 Å². The third-order valence-electron chi connectivity index (χ3n) is 2.75. The molecule has 0 aliphatic rings. The molecule has 0 radical (unpaired) electrons. The highest BCUT2D eigenvalue weighted by atomic mass is 16.5. The molecule has 3 heteroatoms. The highest BCUT2D eigenvalue weighted by molar-refractivity contribution is 5.84. The maximum atomic E-state index is 11.7. The molecule has 18 heavy (non-hydrogen) atoms. The third kappa shape index (κ3) is 4.70. The smallest absolute Gasteiger partial charge is 0.153 e. The number of hydrogen-bond donors (Lipinski definition) is 1. The molecule has 0 fully saturated rings. The van der Waals surface area contributed by atoms with Crippen molar-refractivity contribution in [1.29, 1.82) is 0 Å².